The van der Waals surface area contributed by atoms with E-state index >= 15 is 0 Å². The molecule has 138 valence electrons. The van der Waals surface area contributed by atoms with Gasteiger partial charge in [-0.3, -0.25) is 19.4 Å². The van der Waals surface area contributed by atoms with Gasteiger partial charge in [0.25, 0.3) is 5.91 Å². The summed E-state index contributed by atoms with van der Waals surface area (Å²) in [6, 6.07) is 1.64. The fraction of sp³-hybridized carbons (Fsp3) is 0.167. The Labute approximate surface area is 156 Å². The number of aryl methyl sites for hydroxylation is 3. The molecule has 3 aromatic rings. The van der Waals surface area contributed by atoms with Gasteiger partial charge >= 0.3 is 0 Å². The first kappa shape index (κ1) is 18.1. The van der Waals surface area contributed by atoms with Gasteiger partial charge in [0.2, 0.25) is 0 Å². The molecule has 9 heteroatoms. The van der Waals surface area contributed by atoms with Crippen molar-refractivity contribution in [1.29, 1.82) is 0 Å². The highest BCUT2D eigenvalue weighted by atomic mass is 16.1. The molecule has 3 aromatic heterocycles. The van der Waals surface area contributed by atoms with Crippen molar-refractivity contribution in [2.45, 2.75) is 13.8 Å². The van der Waals surface area contributed by atoms with Crippen LogP contribution in [0, 0.1) is 13.8 Å². The van der Waals surface area contributed by atoms with Crippen molar-refractivity contribution >= 4 is 22.9 Å². The lowest BCUT2D eigenvalue weighted by Crippen LogP contribution is -2.18. The lowest BCUT2D eigenvalue weighted by atomic mass is 10.1. The summed E-state index contributed by atoms with van der Waals surface area (Å²) in [5, 5.41) is 6.89. The van der Waals surface area contributed by atoms with Crippen LogP contribution in [0.15, 0.2) is 37.1 Å². The van der Waals surface area contributed by atoms with Gasteiger partial charge in [-0.2, -0.15) is 5.10 Å². The van der Waals surface area contributed by atoms with Crippen molar-refractivity contribution in [2.75, 3.05) is 11.1 Å². The van der Waals surface area contributed by atoms with Crippen molar-refractivity contribution in [3.63, 3.8) is 0 Å². The van der Waals surface area contributed by atoms with Crippen LogP contribution in [0.25, 0.3) is 16.8 Å². The molecule has 1 amide bonds. The largest absolute Gasteiger partial charge is 0.404 e. The second-order valence-electron chi connectivity index (χ2n) is 6.03. The Balaban J connectivity index is 1.89. The van der Waals surface area contributed by atoms with E-state index in [1.807, 2.05) is 13.2 Å². The maximum Gasteiger partial charge on any atom is 0.259 e. The third-order valence-corrected chi connectivity index (χ3v) is 3.97. The van der Waals surface area contributed by atoms with E-state index in [-0.39, 0.29) is 5.57 Å². The summed E-state index contributed by atoms with van der Waals surface area (Å²) < 4.78 is 1.68. The van der Waals surface area contributed by atoms with E-state index in [0.29, 0.717) is 34.2 Å². The van der Waals surface area contributed by atoms with E-state index in [0.717, 1.165) is 5.56 Å². The topological polar surface area (TPSA) is 138 Å². The fourth-order valence-electron chi connectivity index (χ4n) is 2.57. The number of nitrogen functional groups attached to an aromatic ring is 1. The Morgan fingerprint density at radius 3 is 2.59 bits per heavy atom. The van der Waals surface area contributed by atoms with Gasteiger partial charge in [-0.1, -0.05) is 0 Å². The van der Waals surface area contributed by atoms with E-state index in [2.05, 4.69) is 25.4 Å². The molecule has 0 unspecified atom stereocenters. The molecule has 0 aromatic carbocycles. The Hall–Kier alpha value is -3.75. The van der Waals surface area contributed by atoms with Gasteiger partial charge in [0.05, 0.1) is 58.3 Å². The van der Waals surface area contributed by atoms with Crippen LogP contribution in [0.5, 0.6) is 0 Å². The maximum atomic E-state index is 12.7. The predicted molar refractivity (Wildman–Crippen MR) is 103 cm³/mol. The molecular formula is C18H20N8O. The highest BCUT2D eigenvalue weighted by molar-refractivity contribution is 6.25. The van der Waals surface area contributed by atoms with Crippen LogP contribution in [0.3, 0.4) is 0 Å². The SMILES string of the molecule is Cc1ncc(N)cc1NC(=O)/C(=C/N)c1ncc(-c2cnn(C)c2)nc1C. The quantitative estimate of drug-likeness (QED) is 0.595. The normalized spacial score (nSPS) is 11.4. The van der Waals surface area contributed by atoms with Gasteiger partial charge in [-0.05, 0) is 19.9 Å². The van der Waals surface area contributed by atoms with Crippen LogP contribution in [0.2, 0.25) is 0 Å². The number of nitrogens with two attached hydrogens (primary N) is 2. The molecule has 5 N–H and O–H groups in total. The summed E-state index contributed by atoms with van der Waals surface area (Å²) in [5.74, 6) is -0.417. The molecule has 0 atom stereocenters. The fourth-order valence-corrected chi connectivity index (χ4v) is 2.57. The summed E-state index contributed by atoms with van der Waals surface area (Å²) in [6.07, 6.45) is 7.86. The lowest BCUT2D eigenvalue weighted by molar-refractivity contribution is -0.111. The zero-order valence-corrected chi connectivity index (χ0v) is 15.3. The number of amides is 1. The monoisotopic (exact) mass is 364 g/mol. The molecule has 0 aliphatic heterocycles. The summed E-state index contributed by atoms with van der Waals surface area (Å²) >= 11 is 0. The Kier molecular flexibility index (Phi) is 4.84. The van der Waals surface area contributed by atoms with Crippen molar-refractivity contribution in [2.24, 2.45) is 12.8 Å². The highest BCUT2D eigenvalue weighted by Crippen LogP contribution is 2.22. The smallest absolute Gasteiger partial charge is 0.259 e. The molecule has 0 radical (unpaired) electrons. The van der Waals surface area contributed by atoms with E-state index in [4.69, 9.17) is 11.5 Å². The van der Waals surface area contributed by atoms with E-state index in [9.17, 15) is 4.79 Å². The molecule has 27 heavy (non-hydrogen) atoms. The second kappa shape index (κ2) is 7.24. The number of nitrogens with zero attached hydrogens (tertiary/aromatic N) is 5. The molecule has 0 bridgehead atoms. The maximum absolute atomic E-state index is 12.7. The summed E-state index contributed by atoms with van der Waals surface area (Å²) in [5.41, 5.74) is 15.7. The average Bonchev–Trinajstić information content (AvgIpc) is 3.06. The number of carbonyl (C=O) groups excluding carboxylic acids is 1. The minimum Gasteiger partial charge on any atom is -0.404 e. The Morgan fingerprint density at radius 1 is 1.19 bits per heavy atom. The number of nitrogens with one attached hydrogen (secondary N) is 1. The minimum absolute atomic E-state index is 0.208. The Bertz CT molecular complexity index is 1040. The zero-order valence-electron chi connectivity index (χ0n) is 15.3. The van der Waals surface area contributed by atoms with Crippen LogP contribution in [-0.4, -0.2) is 30.6 Å². The lowest BCUT2D eigenvalue weighted by Gasteiger charge is -2.12. The number of aromatic nitrogens is 5. The number of pyridine rings is 1. The van der Waals surface area contributed by atoms with Gasteiger partial charge in [0, 0.05) is 25.0 Å². The van der Waals surface area contributed by atoms with E-state index in [1.165, 1.54) is 12.4 Å². The number of carbonyl (C=O) groups is 1. The molecule has 0 saturated carbocycles. The summed E-state index contributed by atoms with van der Waals surface area (Å²) in [6.45, 7) is 3.54. The third kappa shape index (κ3) is 3.76. The molecule has 3 heterocycles. The highest BCUT2D eigenvalue weighted by Gasteiger charge is 2.18. The second-order valence-corrected chi connectivity index (χ2v) is 6.03. The molecule has 0 saturated heterocycles. The van der Waals surface area contributed by atoms with Crippen LogP contribution in [0.1, 0.15) is 17.1 Å². The molecule has 9 nitrogen and oxygen atoms in total. The molecule has 0 fully saturated rings. The van der Waals surface area contributed by atoms with Gasteiger partial charge in [0.1, 0.15) is 0 Å². The van der Waals surface area contributed by atoms with Crippen LogP contribution in [-0.2, 0) is 11.8 Å². The number of anilines is 2. The van der Waals surface area contributed by atoms with Crippen molar-refractivity contribution < 1.29 is 4.79 Å². The molecular weight excluding hydrogens is 344 g/mol. The molecule has 3 rings (SSSR count). The summed E-state index contributed by atoms with van der Waals surface area (Å²) in [4.78, 5) is 25.7. The number of hydrogen-bond acceptors (Lipinski definition) is 7. The van der Waals surface area contributed by atoms with Crippen LogP contribution < -0.4 is 16.8 Å². The first-order valence-electron chi connectivity index (χ1n) is 8.17. The first-order valence-corrected chi connectivity index (χ1v) is 8.17. The van der Waals surface area contributed by atoms with Crippen LogP contribution >= 0.6 is 0 Å². The number of hydrogen-bond donors (Lipinski definition) is 3. The van der Waals surface area contributed by atoms with Crippen molar-refractivity contribution in [3.05, 3.63) is 54.1 Å². The van der Waals surface area contributed by atoms with E-state index < -0.39 is 5.91 Å². The molecule has 0 aliphatic carbocycles. The predicted octanol–water partition coefficient (Wildman–Crippen LogP) is 1.41. The van der Waals surface area contributed by atoms with Crippen molar-refractivity contribution in [1.82, 2.24) is 24.7 Å². The first-order chi connectivity index (χ1) is 12.9. The standard InChI is InChI=1S/C18H20N8O/c1-10-15(4-13(20)7-21-10)25-18(27)14(5-19)17-11(2)24-16(8-22-17)12-6-23-26(3)9-12/h4-9H,19-20H2,1-3H3,(H,25,27)/b14-5+. The van der Waals surface area contributed by atoms with Crippen LogP contribution in [0.4, 0.5) is 11.4 Å². The minimum atomic E-state index is -0.417. The van der Waals surface area contributed by atoms with Gasteiger partial charge in [-0.25, -0.2) is 4.98 Å². The number of rotatable bonds is 4. The van der Waals surface area contributed by atoms with Crippen molar-refractivity contribution in [3.8, 4) is 11.3 Å². The zero-order chi connectivity index (χ0) is 19.6. The van der Waals surface area contributed by atoms with Gasteiger partial charge in [0.15, 0.2) is 0 Å². The average molecular weight is 364 g/mol. The Morgan fingerprint density at radius 2 is 1.96 bits per heavy atom. The molecule has 0 aliphatic rings. The van der Waals surface area contributed by atoms with Gasteiger partial charge in [-0.15, -0.1) is 0 Å². The van der Waals surface area contributed by atoms with E-state index in [1.54, 1.807) is 37.0 Å². The third-order valence-electron chi connectivity index (χ3n) is 3.97. The molecule has 0 spiro atoms. The van der Waals surface area contributed by atoms with Gasteiger partial charge < -0.3 is 16.8 Å². The summed E-state index contributed by atoms with van der Waals surface area (Å²) in [7, 11) is 1.82.